The number of carbonyl (C=O) groups excluding carboxylic acids is 2. The maximum absolute atomic E-state index is 11.6. The summed E-state index contributed by atoms with van der Waals surface area (Å²) in [7, 11) is 0. The van der Waals surface area contributed by atoms with Crippen LogP contribution in [0, 0.1) is 0 Å². The summed E-state index contributed by atoms with van der Waals surface area (Å²) in [6, 6.07) is 0. The first-order chi connectivity index (χ1) is 12.2. The van der Waals surface area contributed by atoms with Gasteiger partial charge in [0.1, 0.15) is 0 Å². The average molecular weight is 373 g/mol. The highest BCUT2D eigenvalue weighted by Crippen LogP contribution is 2.22. The number of rotatable bonds is 14. The van der Waals surface area contributed by atoms with Crippen molar-refractivity contribution in [3.05, 3.63) is 12.2 Å². The molecule has 0 aliphatic heterocycles. The first-order valence-electron chi connectivity index (χ1n) is 9.70. The predicted molar refractivity (Wildman–Crippen MR) is 101 cm³/mol. The topological polar surface area (TPSA) is 93.1 Å². The molecule has 152 valence electrons. The Hall–Kier alpha value is -1.40. The Morgan fingerprint density at radius 2 is 1.08 bits per heavy atom. The van der Waals surface area contributed by atoms with Crippen LogP contribution in [0.5, 0.6) is 0 Å². The van der Waals surface area contributed by atoms with E-state index in [1.54, 1.807) is 0 Å². The molecular formula is C20H36O6. The fraction of sp³-hybridized carbons (Fsp3) is 0.800. The fourth-order valence-corrected chi connectivity index (χ4v) is 2.80. The average Bonchev–Trinajstić information content (AvgIpc) is 2.60. The van der Waals surface area contributed by atoms with Gasteiger partial charge in [0, 0.05) is 25.0 Å². The molecule has 0 aromatic carbocycles. The molecule has 6 nitrogen and oxygen atoms in total. The Morgan fingerprint density at radius 3 is 1.35 bits per heavy atom. The summed E-state index contributed by atoms with van der Waals surface area (Å²) in [5.74, 6) is -1.29. The number of hydrogen-bond acceptors (Lipinski definition) is 6. The van der Waals surface area contributed by atoms with Gasteiger partial charge < -0.3 is 19.7 Å². The van der Waals surface area contributed by atoms with Crippen LogP contribution >= 0.6 is 0 Å². The Kier molecular flexibility index (Phi) is 12.2. The summed E-state index contributed by atoms with van der Waals surface area (Å²) in [5.41, 5.74) is -1.63. The maximum Gasteiger partial charge on any atom is 0.331 e. The molecule has 0 saturated carbocycles. The van der Waals surface area contributed by atoms with E-state index in [9.17, 15) is 19.8 Å². The van der Waals surface area contributed by atoms with Gasteiger partial charge >= 0.3 is 11.9 Å². The zero-order valence-electron chi connectivity index (χ0n) is 16.8. The Morgan fingerprint density at radius 1 is 0.731 bits per heavy atom. The van der Waals surface area contributed by atoms with E-state index in [1.807, 2.05) is 27.7 Å². The smallest absolute Gasteiger partial charge is 0.331 e. The second-order valence-corrected chi connectivity index (χ2v) is 6.82. The molecule has 0 amide bonds. The lowest BCUT2D eigenvalue weighted by molar-refractivity contribution is -0.142. The predicted octanol–water partition coefficient (Wildman–Crippen LogP) is 3.29. The maximum atomic E-state index is 11.6. The first-order valence-corrected chi connectivity index (χ1v) is 9.70. The molecule has 0 aromatic heterocycles. The minimum Gasteiger partial charge on any atom is -0.462 e. The van der Waals surface area contributed by atoms with Gasteiger partial charge in [-0.1, -0.05) is 40.5 Å². The van der Waals surface area contributed by atoms with Crippen LogP contribution in [0.1, 0.15) is 79.1 Å². The van der Waals surface area contributed by atoms with Crippen LogP contribution in [0.25, 0.3) is 0 Å². The Labute approximate surface area is 157 Å². The van der Waals surface area contributed by atoms with Gasteiger partial charge in [-0.3, -0.25) is 0 Å². The summed E-state index contributed by atoms with van der Waals surface area (Å²) in [6.45, 7) is 7.97. The fourth-order valence-electron chi connectivity index (χ4n) is 2.80. The molecule has 0 fully saturated rings. The van der Waals surface area contributed by atoms with Crippen LogP contribution in [0.15, 0.2) is 12.2 Å². The van der Waals surface area contributed by atoms with E-state index in [-0.39, 0.29) is 13.2 Å². The molecule has 0 saturated heterocycles. The van der Waals surface area contributed by atoms with Crippen molar-refractivity contribution >= 4 is 11.9 Å². The molecule has 26 heavy (non-hydrogen) atoms. The summed E-state index contributed by atoms with van der Waals surface area (Å²) in [4.78, 5) is 23.2. The Balaban J connectivity index is 4.14. The van der Waals surface area contributed by atoms with E-state index >= 15 is 0 Å². The van der Waals surface area contributed by atoms with Crippen LogP contribution in [-0.2, 0) is 19.1 Å². The molecule has 6 heteroatoms. The lowest BCUT2D eigenvalue weighted by atomic mass is 9.92. The number of aliphatic hydroxyl groups is 2. The molecule has 0 aromatic rings. The molecule has 2 N–H and O–H groups in total. The van der Waals surface area contributed by atoms with Crippen LogP contribution in [0.3, 0.4) is 0 Å². The Bertz CT molecular complexity index is 408. The number of hydrogen-bond donors (Lipinski definition) is 2. The molecule has 0 radical (unpaired) electrons. The highest BCUT2D eigenvalue weighted by atomic mass is 16.5. The highest BCUT2D eigenvalue weighted by Gasteiger charge is 2.24. The van der Waals surface area contributed by atoms with Gasteiger partial charge in [0.2, 0.25) is 0 Å². The van der Waals surface area contributed by atoms with Crippen molar-refractivity contribution in [2.24, 2.45) is 0 Å². The summed E-state index contributed by atoms with van der Waals surface area (Å²) >= 11 is 0. The largest absolute Gasteiger partial charge is 0.462 e. The van der Waals surface area contributed by atoms with E-state index in [4.69, 9.17) is 9.47 Å². The van der Waals surface area contributed by atoms with E-state index in [0.717, 1.165) is 25.0 Å². The van der Waals surface area contributed by atoms with Crippen LogP contribution in [-0.4, -0.2) is 46.6 Å². The molecule has 0 aliphatic rings. The van der Waals surface area contributed by atoms with Crippen molar-refractivity contribution < 1.29 is 29.3 Å². The normalized spacial score (nSPS) is 16.1. The minimum atomic E-state index is -0.813. The van der Waals surface area contributed by atoms with Gasteiger partial charge in [-0.15, -0.1) is 0 Å². The third kappa shape index (κ3) is 10.6. The zero-order chi connectivity index (χ0) is 20.1. The standard InChI is InChI=1S/C20H36O6/c1-5-11-19(23,7-3)13-15-25-17(21)9-10-18(22)26-16-14-20(24,8-4)12-6-2/h9-10,23-24H,5-8,11-16H2,1-4H3/b10-9+. The molecule has 0 bridgehead atoms. The first kappa shape index (κ1) is 24.6. The molecule has 0 heterocycles. The molecule has 2 unspecified atom stereocenters. The molecule has 2 atom stereocenters. The van der Waals surface area contributed by atoms with E-state index < -0.39 is 23.1 Å². The van der Waals surface area contributed by atoms with Gasteiger partial charge in [0.25, 0.3) is 0 Å². The number of carbonyl (C=O) groups is 2. The van der Waals surface area contributed by atoms with Crippen LogP contribution < -0.4 is 0 Å². The number of ether oxygens (including phenoxy) is 2. The van der Waals surface area contributed by atoms with Crippen molar-refractivity contribution in [2.75, 3.05) is 13.2 Å². The highest BCUT2D eigenvalue weighted by molar-refractivity contribution is 5.91. The van der Waals surface area contributed by atoms with Crippen molar-refractivity contribution in [2.45, 2.75) is 90.3 Å². The van der Waals surface area contributed by atoms with Gasteiger partial charge in [-0.2, -0.15) is 0 Å². The number of esters is 2. The van der Waals surface area contributed by atoms with Gasteiger partial charge in [-0.05, 0) is 25.7 Å². The summed E-state index contributed by atoms with van der Waals surface area (Å²) in [5, 5.41) is 20.5. The van der Waals surface area contributed by atoms with Crippen LogP contribution in [0.4, 0.5) is 0 Å². The summed E-state index contributed by atoms with van der Waals surface area (Å²) in [6.07, 6.45) is 7.01. The summed E-state index contributed by atoms with van der Waals surface area (Å²) < 4.78 is 10.0. The van der Waals surface area contributed by atoms with Crippen molar-refractivity contribution in [1.82, 2.24) is 0 Å². The van der Waals surface area contributed by atoms with E-state index in [2.05, 4.69) is 0 Å². The van der Waals surface area contributed by atoms with Gasteiger partial charge in [0.15, 0.2) is 0 Å². The van der Waals surface area contributed by atoms with Crippen LogP contribution in [0.2, 0.25) is 0 Å². The molecule has 0 rings (SSSR count). The monoisotopic (exact) mass is 372 g/mol. The van der Waals surface area contributed by atoms with Crippen molar-refractivity contribution in [1.29, 1.82) is 0 Å². The van der Waals surface area contributed by atoms with E-state index in [0.29, 0.717) is 38.5 Å². The van der Waals surface area contributed by atoms with Crippen molar-refractivity contribution in [3.8, 4) is 0 Å². The third-order valence-electron chi connectivity index (χ3n) is 4.73. The third-order valence-corrected chi connectivity index (χ3v) is 4.73. The van der Waals surface area contributed by atoms with Gasteiger partial charge in [0.05, 0.1) is 24.4 Å². The SMILES string of the molecule is CCCC(O)(CC)CCOC(=O)/C=C/C(=O)OCCC(O)(CC)CCC. The second kappa shape index (κ2) is 12.9. The minimum absolute atomic E-state index is 0.100. The molecular weight excluding hydrogens is 336 g/mol. The molecule has 0 aliphatic carbocycles. The van der Waals surface area contributed by atoms with E-state index in [1.165, 1.54) is 0 Å². The molecule has 0 spiro atoms. The van der Waals surface area contributed by atoms with Crippen molar-refractivity contribution in [3.63, 3.8) is 0 Å². The zero-order valence-corrected chi connectivity index (χ0v) is 16.8. The second-order valence-electron chi connectivity index (χ2n) is 6.82. The lowest BCUT2D eigenvalue weighted by Gasteiger charge is -2.25. The van der Waals surface area contributed by atoms with Gasteiger partial charge in [-0.25, -0.2) is 9.59 Å². The lowest BCUT2D eigenvalue weighted by Crippen LogP contribution is -2.29. The quantitative estimate of drug-likeness (QED) is 0.359.